The molecular formula is C15H15NO3S. The molecule has 0 aliphatic carbocycles. The highest BCUT2D eigenvalue weighted by Crippen LogP contribution is 2.30. The number of hydrogen-bond acceptors (Lipinski definition) is 4. The molecule has 1 amide bonds. The molecule has 0 aromatic heterocycles. The summed E-state index contributed by atoms with van der Waals surface area (Å²) >= 11 is 1.63. The maximum atomic E-state index is 12.1. The number of carbonyl (C=O) groups excluding carboxylic acids is 1. The lowest BCUT2D eigenvalue weighted by atomic mass is 10.1. The van der Waals surface area contributed by atoms with Gasteiger partial charge in [-0.3, -0.25) is 4.79 Å². The summed E-state index contributed by atoms with van der Waals surface area (Å²) in [5, 5.41) is 12.7. The zero-order chi connectivity index (χ0) is 14.5. The van der Waals surface area contributed by atoms with Gasteiger partial charge in [-0.2, -0.15) is 0 Å². The summed E-state index contributed by atoms with van der Waals surface area (Å²) in [5.41, 5.74) is 0.855. The van der Waals surface area contributed by atoms with E-state index in [1.807, 2.05) is 30.5 Å². The molecule has 104 valence electrons. The zero-order valence-corrected chi connectivity index (χ0v) is 12.0. The second kappa shape index (κ2) is 6.34. The Hall–Kier alpha value is -2.14. The Morgan fingerprint density at radius 1 is 1.20 bits per heavy atom. The predicted molar refractivity (Wildman–Crippen MR) is 80.8 cm³/mol. The van der Waals surface area contributed by atoms with Crippen molar-refractivity contribution in [2.24, 2.45) is 0 Å². The van der Waals surface area contributed by atoms with Crippen molar-refractivity contribution in [1.29, 1.82) is 0 Å². The molecule has 20 heavy (non-hydrogen) atoms. The largest absolute Gasteiger partial charge is 0.504 e. The van der Waals surface area contributed by atoms with E-state index in [2.05, 4.69) is 5.32 Å². The monoisotopic (exact) mass is 289 g/mol. The molecule has 0 aliphatic heterocycles. The molecule has 0 atom stereocenters. The van der Waals surface area contributed by atoms with Crippen LogP contribution in [0.4, 0.5) is 5.69 Å². The van der Waals surface area contributed by atoms with Crippen LogP contribution >= 0.6 is 11.8 Å². The molecule has 0 aliphatic rings. The van der Waals surface area contributed by atoms with Crippen LogP contribution in [0.15, 0.2) is 47.4 Å². The van der Waals surface area contributed by atoms with E-state index in [1.54, 1.807) is 30.0 Å². The van der Waals surface area contributed by atoms with Crippen LogP contribution < -0.4 is 10.1 Å². The number of carbonyl (C=O) groups is 1. The van der Waals surface area contributed by atoms with Crippen LogP contribution in [0.25, 0.3) is 0 Å². The van der Waals surface area contributed by atoms with Gasteiger partial charge >= 0.3 is 0 Å². The molecule has 4 nitrogen and oxygen atoms in total. The molecule has 0 radical (unpaired) electrons. The maximum absolute atomic E-state index is 12.1. The second-order valence-corrected chi connectivity index (χ2v) is 4.92. The number of para-hydroxylation sites is 1. The number of benzene rings is 2. The van der Waals surface area contributed by atoms with E-state index < -0.39 is 0 Å². The van der Waals surface area contributed by atoms with Gasteiger partial charge in [-0.25, -0.2) is 0 Å². The van der Waals surface area contributed by atoms with E-state index in [0.29, 0.717) is 5.69 Å². The molecule has 2 rings (SSSR count). The fourth-order valence-corrected chi connectivity index (χ4v) is 2.15. The van der Waals surface area contributed by atoms with Crippen molar-refractivity contribution in [1.82, 2.24) is 0 Å². The van der Waals surface area contributed by atoms with E-state index in [-0.39, 0.29) is 23.0 Å². The molecule has 0 saturated heterocycles. The summed E-state index contributed by atoms with van der Waals surface area (Å²) in [4.78, 5) is 13.2. The molecule has 0 spiro atoms. The van der Waals surface area contributed by atoms with E-state index in [0.717, 1.165) is 4.90 Å². The third-order valence-electron chi connectivity index (χ3n) is 2.81. The van der Waals surface area contributed by atoms with Gasteiger partial charge in [0.15, 0.2) is 11.5 Å². The molecule has 0 fully saturated rings. The van der Waals surface area contributed by atoms with Gasteiger partial charge in [0.2, 0.25) is 0 Å². The van der Waals surface area contributed by atoms with Crippen LogP contribution in [0.1, 0.15) is 10.4 Å². The number of phenols is 1. The van der Waals surface area contributed by atoms with Crippen molar-refractivity contribution in [3.8, 4) is 11.5 Å². The number of thioether (sulfide) groups is 1. The quantitative estimate of drug-likeness (QED) is 0.847. The fraction of sp³-hybridized carbons (Fsp3) is 0.133. The highest BCUT2D eigenvalue weighted by atomic mass is 32.2. The Kier molecular flexibility index (Phi) is 4.53. The number of methoxy groups -OCH3 is 1. The topological polar surface area (TPSA) is 58.6 Å². The third-order valence-corrected chi connectivity index (χ3v) is 3.56. The second-order valence-electron chi connectivity index (χ2n) is 4.04. The molecule has 0 unspecified atom stereocenters. The molecule has 2 aromatic carbocycles. The van der Waals surface area contributed by atoms with Crippen LogP contribution in [0.2, 0.25) is 0 Å². The van der Waals surface area contributed by atoms with Crippen LogP contribution in [0, 0.1) is 0 Å². The van der Waals surface area contributed by atoms with Gasteiger partial charge in [-0.15, -0.1) is 11.8 Å². The van der Waals surface area contributed by atoms with Crippen LogP contribution in [-0.4, -0.2) is 24.4 Å². The Bertz CT molecular complexity index is 611. The first-order valence-corrected chi connectivity index (χ1v) is 7.19. The summed E-state index contributed by atoms with van der Waals surface area (Å²) in [6.45, 7) is 0. The normalized spacial score (nSPS) is 10.1. The van der Waals surface area contributed by atoms with Gasteiger partial charge in [0.25, 0.3) is 5.91 Å². The summed E-state index contributed by atoms with van der Waals surface area (Å²) in [6, 6.07) is 12.3. The minimum absolute atomic E-state index is 0.159. The van der Waals surface area contributed by atoms with Crippen molar-refractivity contribution < 1.29 is 14.6 Å². The van der Waals surface area contributed by atoms with Gasteiger partial charge < -0.3 is 15.2 Å². The van der Waals surface area contributed by atoms with Crippen LogP contribution in [0.3, 0.4) is 0 Å². The smallest absolute Gasteiger partial charge is 0.259 e. The highest BCUT2D eigenvalue weighted by molar-refractivity contribution is 7.98. The van der Waals surface area contributed by atoms with Crippen molar-refractivity contribution in [3.05, 3.63) is 48.0 Å². The molecule has 5 heteroatoms. The summed E-state index contributed by atoms with van der Waals surface area (Å²) in [6.07, 6.45) is 1.99. The number of phenolic OH excluding ortho intramolecular Hbond substituents is 1. The summed E-state index contributed by atoms with van der Waals surface area (Å²) < 4.78 is 4.98. The Morgan fingerprint density at radius 3 is 2.50 bits per heavy atom. The third kappa shape index (κ3) is 3.05. The van der Waals surface area contributed by atoms with Gasteiger partial charge in [-0.05, 0) is 42.7 Å². The van der Waals surface area contributed by atoms with Crippen molar-refractivity contribution in [2.75, 3.05) is 18.7 Å². The first-order valence-electron chi connectivity index (χ1n) is 5.97. The van der Waals surface area contributed by atoms with Crippen LogP contribution in [0.5, 0.6) is 11.5 Å². The molecule has 0 heterocycles. The first kappa shape index (κ1) is 14.3. The SMILES string of the molecule is COc1cccc(C(=O)Nc2ccc(SC)cc2)c1O. The maximum Gasteiger partial charge on any atom is 0.259 e. The standard InChI is InChI=1S/C15H15NO3S/c1-19-13-5-3-4-12(14(13)17)15(18)16-10-6-8-11(20-2)9-7-10/h3-9,17H,1-2H3,(H,16,18). The lowest BCUT2D eigenvalue weighted by molar-refractivity contribution is 0.102. The summed E-state index contributed by atoms with van der Waals surface area (Å²) in [7, 11) is 1.44. The highest BCUT2D eigenvalue weighted by Gasteiger charge is 2.14. The van der Waals surface area contributed by atoms with Gasteiger partial charge in [0.05, 0.1) is 12.7 Å². The average Bonchev–Trinajstić information content (AvgIpc) is 2.48. The molecule has 2 N–H and O–H groups in total. The van der Waals surface area contributed by atoms with Crippen molar-refractivity contribution in [2.45, 2.75) is 4.90 Å². The van der Waals surface area contributed by atoms with Crippen molar-refractivity contribution >= 4 is 23.4 Å². The fourth-order valence-electron chi connectivity index (χ4n) is 1.74. The zero-order valence-electron chi connectivity index (χ0n) is 11.2. The van der Waals surface area contributed by atoms with Gasteiger partial charge in [0.1, 0.15) is 0 Å². The first-order chi connectivity index (χ1) is 9.65. The number of ether oxygens (including phenoxy) is 1. The van der Waals surface area contributed by atoms with Crippen LogP contribution in [-0.2, 0) is 0 Å². The van der Waals surface area contributed by atoms with E-state index in [4.69, 9.17) is 4.74 Å². The Morgan fingerprint density at radius 2 is 1.90 bits per heavy atom. The lowest BCUT2D eigenvalue weighted by Crippen LogP contribution is -2.12. The number of rotatable bonds is 4. The number of nitrogens with one attached hydrogen (secondary N) is 1. The van der Waals surface area contributed by atoms with E-state index in [9.17, 15) is 9.90 Å². The average molecular weight is 289 g/mol. The molecule has 0 saturated carbocycles. The predicted octanol–water partition coefficient (Wildman–Crippen LogP) is 3.38. The Balaban J connectivity index is 2.19. The van der Waals surface area contributed by atoms with Gasteiger partial charge in [-0.1, -0.05) is 6.07 Å². The summed E-state index contributed by atoms with van der Waals surface area (Å²) in [5.74, 6) is -0.262. The number of amides is 1. The molecule has 2 aromatic rings. The number of anilines is 1. The number of aromatic hydroxyl groups is 1. The minimum atomic E-state index is -0.377. The minimum Gasteiger partial charge on any atom is -0.504 e. The van der Waals surface area contributed by atoms with E-state index >= 15 is 0 Å². The van der Waals surface area contributed by atoms with Gasteiger partial charge in [0, 0.05) is 10.6 Å². The van der Waals surface area contributed by atoms with Crippen molar-refractivity contribution in [3.63, 3.8) is 0 Å². The number of hydrogen-bond donors (Lipinski definition) is 2. The van der Waals surface area contributed by atoms with E-state index in [1.165, 1.54) is 7.11 Å². The Labute approximate surface area is 121 Å². The lowest BCUT2D eigenvalue weighted by Gasteiger charge is -2.09. The molecular weight excluding hydrogens is 274 g/mol. The molecule has 0 bridgehead atoms.